The number of rotatable bonds is 5. The first kappa shape index (κ1) is 14.7. The van der Waals surface area contributed by atoms with Gasteiger partial charge in [0, 0.05) is 17.2 Å². The minimum atomic E-state index is -0.692. The minimum Gasteiger partial charge on any atom is -0.482 e. The van der Waals surface area contributed by atoms with Crippen molar-refractivity contribution in [1.29, 1.82) is 0 Å². The van der Waals surface area contributed by atoms with Crippen molar-refractivity contribution in [2.24, 2.45) is 5.73 Å². The summed E-state index contributed by atoms with van der Waals surface area (Å²) >= 11 is 0. The van der Waals surface area contributed by atoms with Crippen LogP contribution in [0, 0.1) is 5.82 Å². The fraction of sp³-hybridized carbons (Fsp3) is 0.143. The maximum atomic E-state index is 13.6. The van der Waals surface area contributed by atoms with Gasteiger partial charge in [0.05, 0.1) is 0 Å². The summed E-state index contributed by atoms with van der Waals surface area (Å²) in [4.78, 5) is 22.6. The Kier molecular flexibility index (Phi) is 4.34. The number of aliphatic hydroxyl groups is 1. The van der Waals surface area contributed by atoms with Crippen molar-refractivity contribution in [1.82, 2.24) is 0 Å². The molecule has 6 nitrogen and oxygen atoms in total. The molecule has 0 bridgehead atoms. The number of hydrogen-bond acceptors (Lipinski definition) is 5. The molecule has 0 radical (unpaired) electrons. The lowest BCUT2D eigenvalue weighted by molar-refractivity contribution is 0.1000. The van der Waals surface area contributed by atoms with Crippen LogP contribution in [0.3, 0.4) is 0 Å². The molecule has 0 spiro atoms. The molecule has 1 aromatic heterocycles. The van der Waals surface area contributed by atoms with Gasteiger partial charge in [0.2, 0.25) is 17.1 Å². The Morgan fingerprint density at radius 3 is 2.76 bits per heavy atom. The number of nitrogens with two attached hydrogens (primary N) is 1. The molecule has 0 saturated heterocycles. The monoisotopic (exact) mass is 293 g/mol. The molecular weight excluding hydrogens is 281 g/mol. The lowest BCUT2D eigenvalue weighted by Gasteiger charge is -2.07. The van der Waals surface area contributed by atoms with Crippen LogP contribution in [0.25, 0.3) is 0 Å². The highest BCUT2D eigenvalue weighted by Gasteiger charge is 2.10. The van der Waals surface area contributed by atoms with Gasteiger partial charge in [0.15, 0.2) is 0 Å². The topological polar surface area (TPSA) is 103 Å². The Hall–Kier alpha value is -2.67. The lowest BCUT2D eigenvalue weighted by atomic mass is 10.1. The lowest BCUT2D eigenvalue weighted by Crippen LogP contribution is -2.13. The van der Waals surface area contributed by atoms with Crippen LogP contribution in [0.15, 0.2) is 39.7 Å². The molecule has 0 fully saturated rings. The number of amides is 1. The third kappa shape index (κ3) is 3.46. The van der Waals surface area contributed by atoms with Gasteiger partial charge < -0.3 is 20.0 Å². The molecule has 110 valence electrons. The molecule has 0 saturated carbocycles. The fourth-order valence-corrected chi connectivity index (χ4v) is 1.62. The number of primary amides is 1. The van der Waals surface area contributed by atoms with Gasteiger partial charge in [0.25, 0.3) is 0 Å². The smallest absolute Gasteiger partial charge is 0.248 e. The summed E-state index contributed by atoms with van der Waals surface area (Å²) in [5, 5.41) is 8.81. The summed E-state index contributed by atoms with van der Waals surface area (Å²) in [6, 6.07) is 4.68. The van der Waals surface area contributed by atoms with Gasteiger partial charge in [-0.2, -0.15) is 0 Å². The van der Waals surface area contributed by atoms with Crippen molar-refractivity contribution >= 4 is 5.91 Å². The maximum Gasteiger partial charge on any atom is 0.248 e. The quantitative estimate of drug-likeness (QED) is 0.854. The van der Waals surface area contributed by atoms with Crippen LogP contribution in [0.5, 0.6) is 5.75 Å². The zero-order valence-corrected chi connectivity index (χ0v) is 10.8. The second-order valence-corrected chi connectivity index (χ2v) is 4.19. The molecular formula is C14H12FNO5. The zero-order chi connectivity index (χ0) is 15.4. The number of aliphatic hydroxyl groups excluding tert-OH is 1. The molecule has 3 N–H and O–H groups in total. The molecule has 0 aliphatic rings. The molecule has 21 heavy (non-hydrogen) atoms. The van der Waals surface area contributed by atoms with E-state index in [9.17, 15) is 14.0 Å². The maximum absolute atomic E-state index is 13.6. The van der Waals surface area contributed by atoms with E-state index < -0.39 is 23.8 Å². The second-order valence-electron chi connectivity index (χ2n) is 4.19. The Morgan fingerprint density at radius 2 is 2.14 bits per heavy atom. The van der Waals surface area contributed by atoms with Crippen LogP contribution in [0.4, 0.5) is 4.39 Å². The zero-order valence-electron chi connectivity index (χ0n) is 10.8. The molecule has 2 aromatic rings. The molecule has 0 aliphatic heterocycles. The molecule has 2 rings (SSSR count). The van der Waals surface area contributed by atoms with E-state index in [0.29, 0.717) is 0 Å². The van der Waals surface area contributed by atoms with Crippen LogP contribution in [0.1, 0.15) is 21.7 Å². The van der Waals surface area contributed by atoms with E-state index in [1.54, 1.807) is 0 Å². The van der Waals surface area contributed by atoms with Gasteiger partial charge in [-0.05, 0) is 18.2 Å². The Labute approximate surface area is 118 Å². The van der Waals surface area contributed by atoms with Gasteiger partial charge >= 0.3 is 0 Å². The Bertz CT molecular complexity index is 726. The number of hydrogen-bond donors (Lipinski definition) is 2. The molecule has 1 amide bonds. The standard InChI is InChI=1S/C14H12FNO5/c15-11-2-1-8(14(16)19)3-9(11)6-21-13-7-20-10(5-17)4-12(13)18/h1-4,7,17H,5-6H2,(H2,16,19). The highest BCUT2D eigenvalue weighted by Crippen LogP contribution is 2.14. The molecule has 0 unspecified atom stereocenters. The highest BCUT2D eigenvalue weighted by atomic mass is 19.1. The molecule has 7 heteroatoms. The normalized spacial score (nSPS) is 10.4. The molecule has 0 atom stereocenters. The van der Waals surface area contributed by atoms with Gasteiger partial charge in [-0.3, -0.25) is 9.59 Å². The van der Waals surface area contributed by atoms with E-state index in [0.717, 1.165) is 18.4 Å². The van der Waals surface area contributed by atoms with Crippen molar-refractivity contribution in [3.63, 3.8) is 0 Å². The van der Waals surface area contributed by atoms with Crippen LogP contribution < -0.4 is 15.9 Å². The van der Waals surface area contributed by atoms with Gasteiger partial charge in [0.1, 0.15) is 31.1 Å². The van der Waals surface area contributed by atoms with Crippen molar-refractivity contribution in [3.8, 4) is 5.75 Å². The molecule has 0 aliphatic carbocycles. The SMILES string of the molecule is NC(=O)c1ccc(F)c(COc2coc(CO)cc2=O)c1. The van der Waals surface area contributed by atoms with E-state index in [4.69, 9.17) is 20.0 Å². The first-order valence-electron chi connectivity index (χ1n) is 5.95. The molecule has 1 aromatic carbocycles. The van der Waals surface area contributed by atoms with Crippen molar-refractivity contribution in [2.75, 3.05) is 0 Å². The van der Waals surface area contributed by atoms with Gasteiger partial charge in [-0.1, -0.05) is 0 Å². The summed E-state index contributed by atoms with van der Waals surface area (Å²) in [6.45, 7) is -0.680. The Balaban J connectivity index is 2.18. The summed E-state index contributed by atoms with van der Waals surface area (Å²) in [6.07, 6.45) is 1.03. The van der Waals surface area contributed by atoms with Crippen molar-refractivity contribution in [3.05, 3.63) is 63.5 Å². The fourth-order valence-electron chi connectivity index (χ4n) is 1.62. The first-order chi connectivity index (χ1) is 10.0. The van der Waals surface area contributed by atoms with Gasteiger partial charge in [-0.25, -0.2) is 4.39 Å². The summed E-state index contributed by atoms with van der Waals surface area (Å²) in [7, 11) is 0. The van der Waals surface area contributed by atoms with E-state index in [-0.39, 0.29) is 29.2 Å². The number of carbonyl (C=O) groups is 1. The van der Waals surface area contributed by atoms with Crippen molar-refractivity contribution < 1.29 is 23.4 Å². The van der Waals surface area contributed by atoms with Crippen LogP contribution >= 0.6 is 0 Å². The average Bonchev–Trinajstić information content (AvgIpc) is 2.47. The summed E-state index contributed by atoms with van der Waals surface area (Å²) in [5.41, 5.74) is 4.82. The summed E-state index contributed by atoms with van der Waals surface area (Å²) < 4.78 is 23.7. The minimum absolute atomic E-state index is 0.0805. The number of ether oxygens (including phenoxy) is 1. The highest BCUT2D eigenvalue weighted by molar-refractivity contribution is 5.92. The first-order valence-corrected chi connectivity index (χ1v) is 5.95. The van der Waals surface area contributed by atoms with Crippen LogP contribution in [0.2, 0.25) is 0 Å². The summed E-state index contributed by atoms with van der Waals surface area (Å²) in [5.74, 6) is -1.32. The third-order valence-corrected chi connectivity index (χ3v) is 2.72. The van der Waals surface area contributed by atoms with Crippen molar-refractivity contribution in [2.45, 2.75) is 13.2 Å². The largest absolute Gasteiger partial charge is 0.482 e. The number of halogens is 1. The van der Waals surface area contributed by atoms with Crippen LogP contribution in [-0.2, 0) is 13.2 Å². The second kappa shape index (κ2) is 6.19. The number of carbonyl (C=O) groups excluding carboxylic acids is 1. The van der Waals surface area contributed by atoms with E-state index in [1.807, 2.05) is 0 Å². The molecule has 1 heterocycles. The van der Waals surface area contributed by atoms with E-state index >= 15 is 0 Å². The predicted molar refractivity (Wildman–Crippen MR) is 70.2 cm³/mol. The average molecular weight is 293 g/mol. The third-order valence-electron chi connectivity index (χ3n) is 2.72. The number of benzene rings is 1. The Morgan fingerprint density at radius 1 is 1.38 bits per heavy atom. The van der Waals surface area contributed by atoms with E-state index in [2.05, 4.69) is 0 Å². The van der Waals surface area contributed by atoms with Crippen LogP contribution in [-0.4, -0.2) is 11.0 Å². The van der Waals surface area contributed by atoms with E-state index in [1.165, 1.54) is 12.1 Å². The predicted octanol–water partition coefficient (Wildman–Crippen LogP) is 0.949. The van der Waals surface area contributed by atoms with Gasteiger partial charge in [-0.15, -0.1) is 0 Å².